The number of esters is 1. The third kappa shape index (κ3) is 3.76. The summed E-state index contributed by atoms with van der Waals surface area (Å²) in [5.41, 5.74) is 2.07. The van der Waals surface area contributed by atoms with Crippen molar-refractivity contribution in [2.75, 3.05) is 6.61 Å². The topological polar surface area (TPSA) is 90.3 Å². The zero-order valence-electron chi connectivity index (χ0n) is 16.1. The zero-order valence-corrected chi connectivity index (χ0v) is 16.1. The van der Waals surface area contributed by atoms with Crippen LogP contribution in [0.3, 0.4) is 0 Å². The summed E-state index contributed by atoms with van der Waals surface area (Å²) in [6.07, 6.45) is 2.85. The van der Waals surface area contributed by atoms with E-state index in [0.29, 0.717) is 10.8 Å². The van der Waals surface area contributed by atoms with E-state index >= 15 is 0 Å². The number of fused-ring (bicyclic) bond motifs is 2. The second-order valence-corrected chi connectivity index (χ2v) is 7.11. The predicted octanol–water partition coefficient (Wildman–Crippen LogP) is 2.28. The minimum Gasteiger partial charge on any atom is -0.451 e. The van der Waals surface area contributed by atoms with E-state index in [2.05, 4.69) is 16.5 Å². The van der Waals surface area contributed by atoms with Crippen LogP contribution in [0.5, 0.6) is 0 Å². The number of aromatic nitrogens is 2. The van der Waals surface area contributed by atoms with Crippen LogP contribution in [0.25, 0.3) is 10.8 Å². The summed E-state index contributed by atoms with van der Waals surface area (Å²) >= 11 is 0. The van der Waals surface area contributed by atoms with Gasteiger partial charge < -0.3 is 10.1 Å². The van der Waals surface area contributed by atoms with E-state index in [1.165, 1.54) is 12.6 Å². The molecule has 4 rings (SSSR count). The molecule has 1 aromatic heterocycles. The summed E-state index contributed by atoms with van der Waals surface area (Å²) in [5, 5.41) is 7.75. The van der Waals surface area contributed by atoms with Crippen LogP contribution in [0.4, 0.5) is 0 Å². The molecule has 0 fully saturated rings. The number of hydrogen-bond acceptors (Lipinski definition) is 5. The Balaban J connectivity index is 1.46. The van der Waals surface area contributed by atoms with Gasteiger partial charge in [0.1, 0.15) is 0 Å². The Kier molecular flexibility index (Phi) is 5.12. The number of amides is 1. The van der Waals surface area contributed by atoms with Gasteiger partial charge in [0.25, 0.3) is 11.5 Å². The first-order chi connectivity index (χ1) is 14.0. The van der Waals surface area contributed by atoms with E-state index in [9.17, 15) is 14.4 Å². The Morgan fingerprint density at radius 1 is 1.14 bits per heavy atom. The lowest BCUT2D eigenvalue weighted by Gasteiger charge is -2.26. The first kappa shape index (κ1) is 18.9. The molecule has 0 saturated carbocycles. The second-order valence-electron chi connectivity index (χ2n) is 7.11. The van der Waals surface area contributed by atoms with E-state index in [1.54, 1.807) is 24.3 Å². The van der Waals surface area contributed by atoms with Gasteiger partial charge in [-0.15, -0.1) is 0 Å². The van der Waals surface area contributed by atoms with Crippen molar-refractivity contribution in [1.82, 2.24) is 15.1 Å². The lowest BCUT2D eigenvalue weighted by atomic mass is 9.88. The molecule has 0 bridgehead atoms. The normalized spacial score (nSPS) is 15.6. The monoisotopic (exact) mass is 391 g/mol. The second kappa shape index (κ2) is 7.87. The molecule has 0 aliphatic heterocycles. The summed E-state index contributed by atoms with van der Waals surface area (Å²) in [4.78, 5) is 37.1. The van der Waals surface area contributed by atoms with Gasteiger partial charge >= 0.3 is 5.97 Å². The third-order valence-corrected chi connectivity index (χ3v) is 5.19. The molecule has 0 radical (unpaired) electrons. The molecule has 1 aliphatic rings. The number of hydrogen-bond donors (Lipinski definition) is 1. The van der Waals surface area contributed by atoms with Gasteiger partial charge in [-0.2, -0.15) is 5.10 Å². The first-order valence-corrected chi connectivity index (χ1v) is 9.55. The standard InChI is InChI=1S/C22H21N3O4/c1-25-21(27)17-11-5-4-10-16(17)20(24-25)22(28)29-13-19(26)23-18-12-6-8-14-7-2-3-9-15(14)18/h2-5,7,9-11,18H,6,8,12-13H2,1H3,(H,23,26). The maximum absolute atomic E-state index is 12.5. The minimum absolute atomic E-state index is 0.0125. The summed E-state index contributed by atoms with van der Waals surface area (Å²) in [6.45, 7) is -0.406. The fraction of sp³-hybridized carbons (Fsp3) is 0.273. The van der Waals surface area contributed by atoms with Crippen molar-refractivity contribution >= 4 is 22.6 Å². The Hall–Kier alpha value is -3.48. The summed E-state index contributed by atoms with van der Waals surface area (Å²) in [6, 6.07) is 14.7. The Labute approximate surface area is 167 Å². The summed E-state index contributed by atoms with van der Waals surface area (Å²) in [7, 11) is 1.47. The van der Waals surface area contributed by atoms with Gasteiger partial charge in [0, 0.05) is 12.4 Å². The van der Waals surface area contributed by atoms with Gasteiger partial charge in [-0.3, -0.25) is 9.59 Å². The molecular formula is C22H21N3O4. The first-order valence-electron chi connectivity index (χ1n) is 9.55. The molecular weight excluding hydrogens is 370 g/mol. The number of ether oxygens (including phenoxy) is 1. The highest BCUT2D eigenvalue weighted by Crippen LogP contribution is 2.29. The maximum Gasteiger partial charge on any atom is 0.359 e. The molecule has 1 atom stereocenters. The molecule has 0 saturated heterocycles. The van der Waals surface area contributed by atoms with Crippen LogP contribution in [0.1, 0.15) is 40.5 Å². The van der Waals surface area contributed by atoms with Gasteiger partial charge in [-0.1, -0.05) is 42.5 Å². The zero-order chi connectivity index (χ0) is 20.4. The van der Waals surface area contributed by atoms with Crippen LogP contribution >= 0.6 is 0 Å². The van der Waals surface area contributed by atoms with Gasteiger partial charge in [0.15, 0.2) is 12.3 Å². The van der Waals surface area contributed by atoms with Crippen molar-refractivity contribution in [3.05, 3.63) is 75.7 Å². The van der Waals surface area contributed by atoms with E-state index < -0.39 is 12.6 Å². The highest BCUT2D eigenvalue weighted by atomic mass is 16.5. The molecule has 1 unspecified atom stereocenters. The Bertz CT molecular complexity index is 1150. The molecule has 3 aromatic rings. The van der Waals surface area contributed by atoms with Crippen LogP contribution in [-0.4, -0.2) is 28.3 Å². The minimum atomic E-state index is -0.740. The molecule has 1 amide bonds. The summed E-state index contributed by atoms with van der Waals surface area (Å²) in [5.74, 6) is -1.11. The number of benzene rings is 2. The van der Waals surface area contributed by atoms with Crippen molar-refractivity contribution in [2.24, 2.45) is 7.05 Å². The molecule has 29 heavy (non-hydrogen) atoms. The average Bonchev–Trinajstić information content (AvgIpc) is 2.75. The van der Waals surface area contributed by atoms with Gasteiger partial charge in [0.05, 0.1) is 11.4 Å². The van der Waals surface area contributed by atoms with Gasteiger partial charge in [-0.25, -0.2) is 9.48 Å². The number of rotatable bonds is 4. The highest BCUT2D eigenvalue weighted by molar-refractivity contribution is 6.02. The van der Waals surface area contributed by atoms with Crippen LogP contribution in [0.15, 0.2) is 53.3 Å². The molecule has 1 N–H and O–H groups in total. The molecule has 7 heteroatoms. The molecule has 0 spiro atoms. The van der Waals surface area contributed by atoms with E-state index in [0.717, 1.165) is 29.5 Å². The molecule has 7 nitrogen and oxygen atoms in total. The van der Waals surface area contributed by atoms with Crippen LogP contribution < -0.4 is 10.9 Å². The van der Waals surface area contributed by atoms with Crippen LogP contribution in [0.2, 0.25) is 0 Å². The lowest BCUT2D eigenvalue weighted by Crippen LogP contribution is -2.34. The largest absolute Gasteiger partial charge is 0.451 e. The SMILES string of the molecule is Cn1nc(C(=O)OCC(=O)NC2CCCc3ccccc32)c2ccccc2c1=O. The summed E-state index contributed by atoms with van der Waals surface area (Å²) < 4.78 is 6.29. The molecule has 2 aromatic carbocycles. The van der Waals surface area contributed by atoms with Crippen molar-refractivity contribution < 1.29 is 14.3 Å². The Morgan fingerprint density at radius 3 is 2.69 bits per heavy atom. The fourth-order valence-electron chi connectivity index (χ4n) is 3.79. The quantitative estimate of drug-likeness (QED) is 0.689. The number of nitrogens with zero attached hydrogens (tertiary/aromatic N) is 2. The smallest absolute Gasteiger partial charge is 0.359 e. The van der Waals surface area contributed by atoms with Crippen molar-refractivity contribution in [3.8, 4) is 0 Å². The van der Waals surface area contributed by atoms with E-state index in [-0.39, 0.29) is 23.2 Å². The lowest BCUT2D eigenvalue weighted by molar-refractivity contribution is -0.125. The number of aryl methyl sites for hydroxylation is 2. The van der Waals surface area contributed by atoms with E-state index in [1.807, 2.05) is 18.2 Å². The molecule has 1 aliphatic carbocycles. The highest BCUT2D eigenvalue weighted by Gasteiger charge is 2.23. The predicted molar refractivity (Wildman–Crippen MR) is 108 cm³/mol. The van der Waals surface area contributed by atoms with Gasteiger partial charge in [-0.05, 0) is 36.5 Å². The molecule has 1 heterocycles. The number of carbonyl (C=O) groups excluding carboxylic acids is 2. The Morgan fingerprint density at radius 2 is 1.86 bits per heavy atom. The van der Waals surface area contributed by atoms with Gasteiger partial charge in [0.2, 0.25) is 0 Å². The van der Waals surface area contributed by atoms with Crippen molar-refractivity contribution in [1.29, 1.82) is 0 Å². The van der Waals surface area contributed by atoms with Crippen molar-refractivity contribution in [3.63, 3.8) is 0 Å². The van der Waals surface area contributed by atoms with Crippen LogP contribution in [0, 0.1) is 0 Å². The fourth-order valence-corrected chi connectivity index (χ4v) is 3.79. The average molecular weight is 391 g/mol. The van der Waals surface area contributed by atoms with E-state index in [4.69, 9.17) is 4.74 Å². The number of nitrogens with one attached hydrogen (secondary N) is 1. The maximum atomic E-state index is 12.5. The van der Waals surface area contributed by atoms with Crippen molar-refractivity contribution in [2.45, 2.75) is 25.3 Å². The van der Waals surface area contributed by atoms with Crippen LogP contribution in [-0.2, 0) is 23.0 Å². The molecule has 148 valence electrons. The third-order valence-electron chi connectivity index (χ3n) is 5.19. The number of carbonyl (C=O) groups is 2.